The highest BCUT2D eigenvalue weighted by molar-refractivity contribution is 5.93. The molecule has 0 spiro atoms. The number of benzene rings is 1. The van der Waals surface area contributed by atoms with E-state index in [1.54, 1.807) is 0 Å². The zero-order valence-corrected chi connectivity index (χ0v) is 10.4. The third-order valence-electron chi connectivity index (χ3n) is 3.37. The fourth-order valence-electron chi connectivity index (χ4n) is 2.27. The lowest BCUT2D eigenvalue weighted by Crippen LogP contribution is -2.29. The van der Waals surface area contributed by atoms with Gasteiger partial charge in [0.2, 0.25) is 5.91 Å². The Balaban J connectivity index is 2.18. The van der Waals surface area contributed by atoms with E-state index in [4.69, 9.17) is 0 Å². The second-order valence-electron chi connectivity index (χ2n) is 4.79. The van der Waals surface area contributed by atoms with Crippen LogP contribution in [0.15, 0.2) is 18.2 Å². The van der Waals surface area contributed by atoms with Crippen LogP contribution < -0.4 is 5.32 Å². The quantitative estimate of drug-likeness (QED) is 0.823. The van der Waals surface area contributed by atoms with E-state index < -0.39 is 41.2 Å². The molecule has 1 saturated carbocycles. The second-order valence-corrected chi connectivity index (χ2v) is 4.79. The summed E-state index contributed by atoms with van der Waals surface area (Å²) >= 11 is 0. The molecule has 3 nitrogen and oxygen atoms in total. The van der Waals surface area contributed by atoms with E-state index in [1.165, 1.54) is 0 Å². The molecule has 1 aromatic carbocycles. The van der Waals surface area contributed by atoms with Gasteiger partial charge in [-0.15, -0.1) is 0 Å². The maximum Gasteiger partial charge on any atom is 0.416 e. The first-order valence-electron chi connectivity index (χ1n) is 6.14. The SMILES string of the molecule is O=C(Nc1cc(C(F)(F)F)ccc1F)C1CCCC1O. The van der Waals surface area contributed by atoms with E-state index in [0.29, 0.717) is 37.5 Å². The molecule has 2 atom stereocenters. The minimum Gasteiger partial charge on any atom is -0.392 e. The monoisotopic (exact) mass is 291 g/mol. The van der Waals surface area contributed by atoms with Crippen LogP contribution in [0.1, 0.15) is 24.8 Å². The largest absolute Gasteiger partial charge is 0.416 e. The van der Waals surface area contributed by atoms with Crippen molar-refractivity contribution in [1.29, 1.82) is 0 Å². The molecule has 20 heavy (non-hydrogen) atoms. The molecular formula is C13H13F4NO2. The van der Waals surface area contributed by atoms with Gasteiger partial charge in [0.05, 0.1) is 23.3 Å². The van der Waals surface area contributed by atoms with Crippen molar-refractivity contribution < 1.29 is 27.5 Å². The molecule has 2 unspecified atom stereocenters. The van der Waals surface area contributed by atoms with Crippen molar-refractivity contribution in [1.82, 2.24) is 0 Å². The predicted molar refractivity (Wildman–Crippen MR) is 63.4 cm³/mol. The number of amides is 1. The Morgan fingerprint density at radius 1 is 1.30 bits per heavy atom. The van der Waals surface area contributed by atoms with Gasteiger partial charge in [0.25, 0.3) is 0 Å². The molecule has 1 aromatic rings. The summed E-state index contributed by atoms with van der Waals surface area (Å²) in [7, 11) is 0. The Hall–Kier alpha value is -1.63. The maximum atomic E-state index is 13.5. The zero-order valence-electron chi connectivity index (χ0n) is 10.4. The lowest BCUT2D eigenvalue weighted by molar-refractivity contribution is -0.137. The minimum absolute atomic E-state index is 0.438. The van der Waals surface area contributed by atoms with Gasteiger partial charge >= 0.3 is 6.18 Å². The number of hydrogen-bond donors (Lipinski definition) is 2. The van der Waals surface area contributed by atoms with Crippen LogP contribution in [-0.2, 0) is 11.0 Å². The van der Waals surface area contributed by atoms with Gasteiger partial charge in [-0.05, 0) is 37.5 Å². The van der Waals surface area contributed by atoms with Gasteiger partial charge in [0.1, 0.15) is 5.82 Å². The molecule has 0 saturated heterocycles. The third kappa shape index (κ3) is 3.09. The summed E-state index contributed by atoms with van der Waals surface area (Å²) in [4.78, 5) is 11.8. The van der Waals surface area contributed by atoms with Crippen molar-refractivity contribution in [2.75, 3.05) is 5.32 Å². The zero-order chi connectivity index (χ0) is 14.9. The van der Waals surface area contributed by atoms with E-state index in [9.17, 15) is 27.5 Å². The lowest BCUT2D eigenvalue weighted by Gasteiger charge is -2.16. The number of nitrogens with one attached hydrogen (secondary N) is 1. The molecule has 2 rings (SSSR count). The Morgan fingerprint density at radius 2 is 2.00 bits per heavy atom. The van der Waals surface area contributed by atoms with Crippen molar-refractivity contribution >= 4 is 11.6 Å². The molecule has 0 heterocycles. The van der Waals surface area contributed by atoms with E-state index in [0.717, 1.165) is 0 Å². The summed E-state index contributed by atoms with van der Waals surface area (Å²) in [5, 5.41) is 11.7. The number of carbonyl (C=O) groups is 1. The van der Waals surface area contributed by atoms with Crippen molar-refractivity contribution in [2.24, 2.45) is 5.92 Å². The van der Waals surface area contributed by atoms with Crippen molar-refractivity contribution in [3.05, 3.63) is 29.6 Å². The molecule has 2 N–H and O–H groups in total. The summed E-state index contributed by atoms with van der Waals surface area (Å²) in [5.74, 6) is -2.31. The van der Waals surface area contributed by atoms with E-state index >= 15 is 0 Å². The number of anilines is 1. The van der Waals surface area contributed by atoms with Crippen LogP contribution in [-0.4, -0.2) is 17.1 Å². The highest BCUT2D eigenvalue weighted by atomic mass is 19.4. The Morgan fingerprint density at radius 3 is 2.55 bits per heavy atom. The summed E-state index contributed by atoms with van der Waals surface area (Å²) in [6, 6.07) is 1.81. The first-order chi connectivity index (χ1) is 9.29. The van der Waals surface area contributed by atoms with Crippen LogP contribution in [0.4, 0.5) is 23.2 Å². The minimum atomic E-state index is -4.61. The molecule has 1 aliphatic carbocycles. The van der Waals surface area contributed by atoms with Crippen LogP contribution in [0, 0.1) is 11.7 Å². The lowest BCUT2D eigenvalue weighted by atomic mass is 10.0. The molecule has 0 bridgehead atoms. The Kier molecular flexibility index (Phi) is 3.99. The van der Waals surface area contributed by atoms with E-state index in [1.807, 2.05) is 0 Å². The number of alkyl halides is 3. The van der Waals surface area contributed by atoms with Gasteiger partial charge in [-0.25, -0.2) is 4.39 Å². The smallest absolute Gasteiger partial charge is 0.392 e. The Bertz CT molecular complexity index is 516. The summed E-state index contributed by atoms with van der Waals surface area (Å²) < 4.78 is 51.0. The normalized spacial score (nSPS) is 22.9. The fraction of sp³-hybridized carbons (Fsp3) is 0.462. The number of hydrogen-bond acceptors (Lipinski definition) is 2. The van der Waals surface area contributed by atoms with Crippen LogP contribution in [0.25, 0.3) is 0 Å². The van der Waals surface area contributed by atoms with Gasteiger partial charge < -0.3 is 10.4 Å². The number of halogens is 4. The first-order valence-corrected chi connectivity index (χ1v) is 6.14. The first kappa shape index (κ1) is 14.8. The van der Waals surface area contributed by atoms with Gasteiger partial charge in [-0.1, -0.05) is 0 Å². The predicted octanol–water partition coefficient (Wildman–Crippen LogP) is 2.94. The molecular weight excluding hydrogens is 278 g/mol. The highest BCUT2D eigenvalue weighted by Gasteiger charge is 2.33. The molecule has 0 radical (unpaired) electrons. The third-order valence-corrected chi connectivity index (χ3v) is 3.37. The van der Waals surface area contributed by atoms with Crippen LogP contribution in [0.5, 0.6) is 0 Å². The van der Waals surface area contributed by atoms with Gasteiger partial charge in [-0.3, -0.25) is 4.79 Å². The number of carbonyl (C=O) groups excluding carboxylic acids is 1. The van der Waals surface area contributed by atoms with Gasteiger partial charge in [-0.2, -0.15) is 13.2 Å². The Labute approximate surface area is 112 Å². The van der Waals surface area contributed by atoms with E-state index in [-0.39, 0.29) is 0 Å². The standard InChI is InChI=1S/C13H13F4NO2/c14-9-5-4-7(13(15,16)17)6-10(9)18-12(20)8-2-1-3-11(8)19/h4-6,8,11,19H,1-3H2,(H,18,20). The van der Waals surface area contributed by atoms with Gasteiger partial charge in [0, 0.05) is 0 Å². The molecule has 1 amide bonds. The molecule has 0 aliphatic heterocycles. The molecule has 1 fully saturated rings. The molecule has 0 aromatic heterocycles. The highest BCUT2D eigenvalue weighted by Crippen LogP contribution is 2.32. The van der Waals surface area contributed by atoms with Crippen LogP contribution >= 0.6 is 0 Å². The average Bonchev–Trinajstić information content (AvgIpc) is 2.77. The second kappa shape index (κ2) is 5.40. The number of aliphatic hydroxyl groups is 1. The fourth-order valence-corrected chi connectivity index (χ4v) is 2.27. The summed E-state index contributed by atoms with van der Waals surface area (Å²) in [6.07, 6.45) is -3.88. The van der Waals surface area contributed by atoms with Crippen LogP contribution in [0.2, 0.25) is 0 Å². The maximum absolute atomic E-state index is 13.5. The number of rotatable bonds is 2. The average molecular weight is 291 g/mol. The molecule has 1 aliphatic rings. The molecule has 7 heteroatoms. The number of aliphatic hydroxyl groups excluding tert-OH is 1. The van der Waals surface area contributed by atoms with Crippen molar-refractivity contribution in [2.45, 2.75) is 31.5 Å². The van der Waals surface area contributed by atoms with Gasteiger partial charge in [0.15, 0.2) is 0 Å². The van der Waals surface area contributed by atoms with Crippen molar-refractivity contribution in [3.63, 3.8) is 0 Å². The summed E-state index contributed by atoms with van der Waals surface area (Å²) in [6.45, 7) is 0. The topological polar surface area (TPSA) is 49.3 Å². The van der Waals surface area contributed by atoms with Crippen LogP contribution in [0.3, 0.4) is 0 Å². The van der Waals surface area contributed by atoms with Crippen molar-refractivity contribution in [3.8, 4) is 0 Å². The molecule has 110 valence electrons. The van der Waals surface area contributed by atoms with E-state index in [2.05, 4.69) is 5.32 Å². The summed E-state index contributed by atoms with van der Waals surface area (Å²) in [5.41, 5.74) is -1.56.